The lowest BCUT2D eigenvalue weighted by molar-refractivity contribution is 0.419. The summed E-state index contributed by atoms with van der Waals surface area (Å²) in [7, 11) is 0. The second-order valence-electron chi connectivity index (χ2n) is 6.26. The topological polar surface area (TPSA) is 118 Å². The van der Waals surface area contributed by atoms with Gasteiger partial charge < -0.3 is 9.67 Å². The van der Waals surface area contributed by atoms with Gasteiger partial charge in [-0.2, -0.15) is 5.26 Å². The summed E-state index contributed by atoms with van der Waals surface area (Å²) in [5, 5.41) is 40.7. The molecule has 0 amide bonds. The maximum absolute atomic E-state index is 10.5. The molecule has 130 valence electrons. The van der Waals surface area contributed by atoms with Gasteiger partial charge in [-0.15, -0.1) is 15.3 Å². The van der Waals surface area contributed by atoms with Gasteiger partial charge in [0, 0.05) is 13.0 Å². The lowest BCUT2D eigenvalue weighted by Gasteiger charge is -2.08. The van der Waals surface area contributed by atoms with Crippen molar-refractivity contribution in [2.45, 2.75) is 56.3 Å². The first kappa shape index (κ1) is 16.1. The van der Waals surface area contributed by atoms with Crippen molar-refractivity contribution in [3.8, 4) is 6.07 Å². The second kappa shape index (κ2) is 6.84. The smallest absolute Gasteiger partial charge is 0.210 e. The summed E-state index contributed by atoms with van der Waals surface area (Å²) in [5.74, 6) is 1.55. The van der Waals surface area contributed by atoms with Crippen molar-refractivity contribution in [2.24, 2.45) is 0 Å². The Morgan fingerprint density at radius 1 is 1.24 bits per heavy atom. The SMILES string of the molecule is N#CC(=C(O)CSc1nnnn1C1CC1)c1nnc2n1CCCCC2. The number of aryl methyl sites for hydroxylation is 1. The van der Waals surface area contributed by atoms with E-state index in [0.29, 0.717) is 17.0 Å². The Balaban J connectivity index is 1.56. The number of allylic oxidation sites excluding steroid dienone is 1. The molecule has 4 rings (SSSR count). The fourth-order valence-electron chi connectivity index (χ4n) is 2.95. The third-order valence-electron chi connectivity index (χ3n) is 4.43. The molecule has 1 saturated carbocycles. The zero-order chi connectivity index (χ0) is 17.2. The standard InChI is InChI=1S/C15H18N8OS/c16-8-11(14-18-17-13-4-2-1-3-7-22(13)14)12(24)9-25-15-19-20-21-23(15)10-5-6-10/h10,24H,1-7,9H2. The molecule has 2 aromatic rings. The molecule has 25 heavy (non-hydrogen) atoms. The number of nitrogens with zero attached hydrogens (tertiary/aromatic N) is 8. The van der Waals surface area contributed by atoms with E-state index in [-0.39, 0.29) is 17.1 Å². The predicted molar refractivity (Wildman–Crippen MR) is 89.6 cm³/mol. The van der Waals surface area contributed by atoms with Crippen LogP contribution in [0.1, 0.15) is 49.8 Å². The quantitative estimate of drug-likeness (QED) is 0.489. The van der Waals surface area contributed by atoms with E-state index < -0.39 is 0 Å². The number of hydrogen-bond donors (Lipinski definition) is 1. The zero-order valence-electron chi connectivity index (χ0n) is 13.7. The van der Waals surface area contributed by atoms with Gasteiger partial charge in [0.2, 0.25) is 5.16 Å². The average Bonchev–Trinajstić information content (AvgIpc) is 3.31. The molecule has 0 unspecified atom stereocenters. The molecular formula is C15H18N8OS. The number of hydrogen-bond acceptors (Lipinski definition) is 8. The first-order valence-electron chi connectivity index (χ1n) is 8.43. The predicted octanol–water partition coefficient (Wildman–Crippen LogP) is 1.91. The average molecular weight is 358 g/mol. The van der Waals surface area contributed by atoms with Crippen molar-refractivity contribution in [3.63, 3.8) is 0 Å². The van der Waals surface area contributed by atoms with E-state index in [9.17, 15) is 10.4 Å². The van der Waals surface area contributed by atoms with Crippen molar-refractivity contribution in [3.05, 3.63) is 17.4 Å². The first-order valence-corrected chi connectivity index (χ1v) is 9.42. The van der Waals surface area contributed by atoms with Crippen molar-refractivity contribution < 1.29 is 5.11 Å². The van der Waals surface area contributed by atoms with E-state index in [1.807, 2.05) is 4.57 Å². The Hall–Kier alpha value is -2.41. The van der Waals surface area contributed by atoms with Gasteiger partial charge >= 0.3 is 0 Å². The molecule has 0 saturated heterocycles. The van der Waals surface area contributed by atoms with E-state index in [4.69, 9.17) is 0 Å². The molecule has 1 N–H and O–H groups in total. The molecule has 1 fully saturated rings. The minimum absolute atomic E-state index is 0.0164. The highest BCUT2D eigenvalue weighted by molar-refractivity contribution is 7.99. The van der Waals surface area contributed by atoms with Crippen LogP contribution in [0.15, 0.2) is 10.9 Å². The van der Waals surface area contributed by atoms with Crippen LogP contribution in [0, 0.1) is 11.3 Å². The summed E-state index contributed by atoms with van der Waals surface area (Å²) in [6.07, 6.45) is 6.26. The molecule has 10 heteroatoms. The largest absolute Gasteiger partial charge is 0.510 e. The van der Waals surface area contributed by atoms with Crippen LogP contribution in [-0.2, 0) is 13.0 Å². The van der Waals surface area contributed by atoms with Crippen molar-refractivity contribution in [1.29, 1.82) is 5.26 Å². The molecule has 0 spiro atoms. The van der Waals surface area contributed by atoms with Crippen LogP contribution in [0.2, 0.25) is 0 Å². The highest BCUT2D eigenvalue weighted by atomic mass is 32.2. The number of nitriles is 1. The van der Waals surface area contributed by atoms with Crippen molar-refractivity contribution >= 4 is 17.3 Å². The van der Waals surface area contributed by atoms with Crippen LogP contribution in [0.25, 0.3) is 5.57 Å². The van der Waals surface area contributed by atoms with Gasteiger partial charge in [-0.05, 0) is 36.1 Å². The number of aliphatic hydroxyl groups excluding tert-OH is 1. The number of thioether (sulfide) groups is 1. The van der Waals surface area contributed by atoms with Gasteiger partial charge in [0.15, 0.2) is 5.82 Å². The molecule has 2 aromatic heterocycles. The van der Waals surface area contributed by atoms with Gasteiger partial charge in [0.25, 0.3) is 0 Å². The summed E-state index contributed by atoms with van der Waals surface area (Å²) >= 11 is 1.32. The van der Waals surface area contributed by atoms with Gasteiger partial charge in [0.05, 0.1) is 11.8 Å². The molecule has 3 heterocycles. The van der Waals surface area contributed by atoms with Gasteiger partial charge in [-0.25, -0.2) is 4.68 Å². The van der Waals surface area contributed by atoms with Crippen molar-refractivity contribution in [1.82, 2.24) is 35.0 Å². The summed E-state index contributed by atoms with van der Waals surface area (Å²) in [6, 6.07) is 2.46. The molecule has 0 bridgehead atoms. The normalized spacial score (nSPS) is 18.2. The van der Waals surface area contributed by atoms with Crippen LogP contribution < -0.4 is 0 Å². The van der Waals surface area contributed by atoms with Crippen LogP contribution in [0.3, 0.4) is 0 Å². The number of rotatable bonds is 5. The number of aromatic nitrogens is 7. The van der Waals surface area contributed by atoms with Crippen LogP contribution in [0.4, 0.5) is 0 Å². The van der Waals surface area contributed by atoms with E-state index in [0.717, 1.165) is 50.9 Å². The van der Waals surface area contributed by atoms with Crippen LogP contribution >= 0.6 is 11.8 Å². The van der Waals surface area contributed by atoms with Crippen LogP contribution in [-0.4, -0.2) is 45.8 Å². The third-order valence-corrected chi connectivity index (χ3v) is 5.37. The summed E-state index contributed by atoms with van der Waals surface area (Å²) in [4.78, 5) is 0. The monoisotopic (exact) mass is 358 g/mol. The second-order valence-corrected chi connectivity index (χ2v) is 7.20. The minimum atomic E-state index is -0.0164. The van der Waals surface area contributed by atoms with E-state index in [1.165, 1.54) is 11.8 Å². The van der Waals surface area contributed by atoms with Gasteiger partial charge in [-0.1, -0.05) is 18.2 Å². The molecule has 0 atom stereocenters. The lowest BCUT2D eigenvalue weighted by Crippen LogP contribution is -2.07. The zero-order valence-corrected chi connectivity index (χ0v) is 14.5. The summed E-state index contributed by atoms with van der Waals surface area (Å²) in [6.45, 7) is 0.781. The van der Waals surface area contributed by atoms with Gasteiger partial charge in [-0.3, -0.25) is 0 Å². The Kier molecular flexibility index (Phi) is 4.40. The van der Waals surface area contributed by atoms with Crippen LogP contribution in [0.5, 0.6) is 0 Å². The van der Waals surface area contributed by atoms with E-state index >= 15 is 0 Å². The maximum Gasteiger partial charge on any atom is 0.210 e. The Morgan fingerprint density at radius 3 is 2.92 bits per heavy atom. The van der Waals surface area contributed by atoms with Gasteiger partial charge in [0.1, 0.15) is 23.2 Å². The third kappa shape index (κ3) is 3.24. The Labute approximate surface area is 148 Å². The highest BCUT2D eigenvalue weighted by Crippen LogP contribution is 2.36. The summed E-state index contributed by atoms with van der Waals surface area (Å²) in [5.41, 5.74) is 0.179. The number of tetrazole rings is 1. The fourth-order valence-corrected chi connectivity index (χ4v) is 3.77. The van der Waals surface area contributed by atoms with E-state index in [2.05, 4.69) is 31.8 Å². The molecule has 1 aliphatic carbocycles. The maximum atomic E-state index is 10.5. The Bertz CT molecular complexity index is 844. The molecule has 9 nitrogen and oxygen atoms in total. The van der Waals surface area contributed by atoms with E-state index in [1.54, 1.807) is 4.68 Å². The fraction of sp³-hybridized carbons (Fsp3) is 0.600. The minimum Gasteiger partial charge on any atom is -0.510 e. The molecule has 0 aromatic carbocycles. The molecule has 1 aliphatic heterocycles. The van der Waals surface area contributed by atoms with Crippen molar-refractivity contribution in [2.75, 3.05) is 5.75 Å². The number of aliphatic hydroxyl groups is 1. The lowest BCUT2D eigenvalue weighted by atomic mass is 10.2. The molecule has 2 aliphatic rings. The molecular weight excluding hydrogens is 340 g/mol. The Morgan fingerprint density at radius 2 is 2.12 bits per heavy atom. The summed E-state index contributed by atoms with van der Waals surface area (Å²) < 4.78 is 3.74. The molecule has 0 radical (unpaired) electrons. The number of fused-ring (bicyclic) bond motifs is 1. The first-order chi connectivity index (χ1) is 12.3. The highest BCUT2D eigenvalue weighted by Gasteiger charge is 2.28.